The van der Waals surface area contributed by atoms with Crippen LogP contribution < -0.4 is 10.6 Å². The highest BCUT2D eigenvalue weighted by Crippen LogP contribution is 2.38. The van der Waals surface area contributed by atoms with Gasteiger partial charge in [-0.1, -0.05) is 34.5 Å². The molecule has 0 aliphatic carbocycles. The normalized spacial score (nSPS) is 11.6. The Balaban J connectivity index is 1.41. The smallest absolute Gasteiger partial charge is 0.141 e. The van der Waals surface area contributed by atoms with Crippen molar-refractivity contribution in [3.63, 3.8) is 0 Å². The lowest BCUT2D eigenvalue weighted by molar-refractivity contribution is 0.628. The molecule has 2 N–H and O–H groups in total. The van der Waals surface area contributed by atoms with Gasteiger partial charge in [-0.3, -0.25) is 9.97 Å². The highest BCUT2D eigenvalue weighted by molar-refractivity contribution is 7.10. The first kappa shape index (κ1) is 28.1. The van der Waals surface area contributed by atoms with Crippen LogP contribution in [0.4, 0.5) is 21.5 Å². The fraction of sp³-hybridized carbons (Fsp3) is 0.0667. The summed E-state index contributed by atoms with van der Waals surface area (Å²) in [5.41, 5.74) is 4.20. The van der Waals surface area contributed by atoms with Gasteiger partial charge in [0.1, 0.15) is 29.7 Å². The molecule has 1 atom stereocenters. The molecule has 0 aliphatic rings. The number of hydrogen-bond acceptors (Lipinski definition) is 9. The van der Waals surface area contributed by atoms with Crippen LogP contribution in [0, 0.1) is 28.5 Å². The largest absolute Gasteiger partial charge is 0.372 e. The highest BCUT2D eigenvalue weighted by atomic mass is 35.5. The van der Waals surface area contributed by atoms with E-state index in [2.05, 4.69) is 43.1 Å². The Morgan fingerprint density at radius 3 is 2.60 bits per heavy atom. The highest BCUT2D eigenvalue weighted by Gasteiger charge is 2.22. The average molecular weight is 627 g/mol. The molecule has 0 bridgehead atoms. The summed E-state index contributed by atoms with van der Waals surface area (Å²) in [5.74, 6) is -0.557. The SMILES string of the molecule is N#Cc1csc(C(Nc2cc(Cl)c3ncc(C#N)c(Nc4ccc(F)c(Cl)c4)c3c2)c2cn(Cc3ccccn3)nn2)c1. The molecule has 9 nitrogen and oxygen atoms in total. The van der Waals surface area contributed by atoms with Gasteiger partial charge in [0.25, 0.3) is 0 Å². The van der Waals surface area contributed by atoms with Crippen LogP contribution in [-0.4, -0.2) is 25.0 Å². The number of fused-ring (bicyclic) bond motifs is 1. The number of rotatable bonds is 8. The summed E-state index contributed by atoms with van der Waals surface area (Å²) in [6.07, 6.45) is 4.96. The van der Waals surface area contributed by atoms with Crippen LogP contribution in [0.25, 0.3) is 10.9 Å². The van der Waals surface area contributed by atoms with Gasteiger partial charge in [-0.15, -0.1) is 16.4 Å². The van der Waals surface area contributed by atoms with E-state index >= 15 is 0 Å². The fourth-order valence-corrected chi connectivity index (χ4v) is 5.82. The molecule has 0 saturated heterocycles. The number of pyridine rings is 2. The van der Waals surface area contributed by atoms with Gasteiger partial charge in [-0.2, -0.15) is 10.5 Å². The molecule has 4 aromatic heterocycles. The Morgan fingerprint density at radius 2 is 1.86 bits per heavy atom. The molecule has 210 valence electrons. The second kappa shape index (κ2) is 12.0. The zero-order valence-electron chi connectivity index (χ0n) is 22.0. The molecular weight excluding hydrogens is 608 g/mol. The lowest BCUT2D eigenvalue weighted by Crippen LogP contribution is -2.12. The molecule has 0 spiro atoms. The van der Waals surface area contributed by atoms with Crippen LogP contribution in [-0.2, 0) is 6.54 Å². The number of aromatic nitrogens is 5. The van der Waals surface area contributed by atoms with Gasteiger partial charge in [-0.05, 0) is 48.5 Å². The molecule has 6 aromatic rings. The van der Waals surface area contributed by atoms with E-state index in [1.165, 1.54) is 35.7 Å². The molecule has 6 rings (SSSR count). The zero-order chi connectivity index (χ0) is 29.9. The van der Waals surface area contributed by atoms with Crippen molar-refractivity contribution in [1.82, 2.24) is 25.0 Å². The monoisotopic (exact) mass is 625 g/mol. The number of thiophene rings is 1. The first-order valence-electron chi connectivity index (χ1n) is 12.7. The zero-order valence-corrected chi connectivity index (χ0v) is 24.3. The quantitative estimate of drug-likeness (QED) is 0.178. The topological polar surface area (TPSA) is 128 Å². The van der Waals surface area contributed by atoms with Crippen molar-refractivity contribution in [2.24, 2.45) is 0 Å². The van der Waals surface area contributed by atoms with E-state index < -0.39 is 11.9 Å². The fourth-order valence-electron chi connectivity index (χ4n) is 4.48. The van der Waals surface area contributed by atoms with E-state index in [4.69, 9.17) is 23.2 Å². The van der Waals surface area contributed by atoms with Gasteiger partial charge in [0.15, 0.2) is 0 Å². The van der Waals surface area contributed by atoms with Crippen molar-refractivity contribution >= 4 is 62.5 Å². The first-order chi connectivity index (χ1) is 20.9. The molecule has 4 heterocycles. The lowest BCUT2D eigenvalue weighted by Gasteiger charge is -2.19. The van der Waals surface area contributed by atoms with Crippen molar-refractivity contribution in [3.8, 4) is 12.1 Å². The van der Waals surface area contributed by atoms with E-state index in [0.717, 1.165) is 10.6 Å². The number of halogens is 3. The number of hydrogen-bond donors (Lipinski definition) is 2. The number of benzene rings is 2. The van der Waals surface area contributed by atoms with Crippen LogP contribution in [0.1, 0.15) is 33.4 Å². The molecule has 0 saturated carbocycles. The number of nitrogens with one attached hydrogen (secondary N) is 2. The number of nitriles is 2. The first-order valence-corrected chi connectivity index (χ1v) is 14.3. The van der Waals surface area contributed by atoms with E-state index in [1.54, 1.807) is 28.4 Å². The maximum atomic E-state index is 13.8. The van der Waals surface area contributed by atoms with Crippen LogP contribution in [0.5, 0.6) is 0 Å². The van der Waals surface area contributed by atoms with Gasteiger partial charge in [0.05, 0.1) is 50.8 Å². The minimum Gasteiger partial charge on any atom is -0.372 e. The average Bonchev–Trinajstić information content (AvgIpc) is 3.69. The molecule has 1 unspecified atom stereocenters. The molecule has 43 heavy (non-hydrogen) atoms. The van der Waals surface area contributed by atoms with Gasteiger partial charge in [0.2, 0.25) is 0 Å². The number of anilines is 3. The third kappa shape index (κ3) is 5.96. The minimum atomic E-state index is -0.557. The van der Waals surface area contributed by atoms with Crippen molar-refractivity contribution in [1.29, 1.82) is 10.5 Å². The van der Waals surface area contributed by atoms with Crippen molar-refractivity contribution in [3.05, 3.63) is 122 Å². The lowest BCUT2D eigenvalue weighted by atomic mass is 10.1. The molecule has 0 fully saturated rings. The second-order valence-electron chi connectivity index (χ2n) is 9.36. The maximum Gasteiger partial charge on any atom is 0.141 e. The maximum absolute atomic E-state index is 13.8. The predicted octanol–water partition coefficient (Wildman–Crippen LogP) is 7.47. The minimum absolute atomic E-state index is 0.0612. The summed E-state index contributed by atoms with van der Waals surface area (Å²) in [4.78, 5) is 9.59. The summed E-state index contributed by atoms with van der Waals surface area (Å²) in [5, 5.41) is 37.3. The van der Waals surface area contributed by atoms with Crippen molar-refractivity contribution < 1.29 is 4.39 Å². The van der Waals surface area contributed by atoms with Crippen molar-refractivity contribution in [2.45, 2.75) is 12.6 Å². The predicted molar refractivity (Wildman–Crippen MR) is 164 cm³/mol. The van der Waals surface area contributed by atoms with Crippen LogP contribution in [0.15, 0.2) is 78.6 Å². The van der Waals surface area contributed by atoms with Crippen LogP contribution >= 0.6 is 34.5 Å². The van der Waals surface area contributed by atoms with Gasteiger partial charge in [0, 0.05) is 39.4 Å². The van der Waals surface area contributed by atoms with E-state index in [-0.39, 0.29) is 10.6 Å². The van der Waals surface area contributed by atoms with Crippen LogP contribution in [0.3, 0.4) is 0 Å². The molecule has 13 heteroatoms. The van der Waals surface area contributed by atoms with Gasteiger partial charge < -0.3 is 10.6 Å². The van der Waals surface area contributed by atoms with Gasteiger partial charge >= 0.3 is 0 Å². The summed E-state index contributed by atoms with van der Waals surface area (Å²) >= 11 is 14.1. The molecule has 0 radical (unpaired) electrons. The summed E-state index contributed by atoms with van der Waals surface area (Å²) in [6, 6.07) is 19.0. The Bertz CT molecular complexity index is 2050. The molecule has 0 amide bonds. The van der Waals surface area contributed by atoms with E-state index in [9.17, 15) is 14.9 Å². The Labute approximate surface area is 258 Å². The summed E-state index contributed by atoms with van der Waals surface area (Å²) in [6.45, 7) is 0.432. The van der Waals surface area contributed by atoms with E-state index in [0.29, 0.717) is 50.8 Å². The molecule has 2 aromatic carbocycles. The summed E-state index contributed by atoms with van der Waals surface area (Å²) < 4.78 is 15.5. The van der Waals surface area contributed by atoms with Crippen molar-refractivity contribution in [2.75, 3.05) is 10.6 Å². The molecular formula is C30H18Cl2FN9S. The molecule has 0 aliphatic heterocycles. The Morgan fingerprint density at radius 1 is 1.00 bits per heavy atom. The number of nitrogens with zero attached hydrogens (tertiary/aromatic N) is 7. The third-order valence-electron chi connectivity index (χ3n) is 6.48. The standard InChI is InChI=1S/C30H18Cl2FN9S/c31-23-9-19(4-5-25(23)33)38-28-18(12-35)13-37-29-22(28)8-21(10-24(29)32)39-30(27-7-17(11-34)16-43-27)26-15-42(41-40-26)14-20-3-1-2-6-36-20/h1-10,13,15-16,30,39H,14H2,(H,37,38). The van der Waals surface area contributed by atoms with Gasteiger partial charge in [-0.25, -0.2) is 9.07 Å². The second-order valence-corrected chi connectivity index (χ2v) is 11.1. The van der Waals surface area contributed by atoms with Crippen LogP contribution in [0.2, 0.25) is 10.0 Å². The van der Waals surface area contributed by atoms with E-state index in [1.807, 2.05) is 30.5 Å². The Hall–Kier alpha value is -5.07. The summed E-state index contributed by atoms with van der Waals surface area (Å²) in [7, 11) is 0. The Kier molecular flexibility index (Phi) is 7.86. The third-order valence-corrected chi connectivity index (χ3v) is 8.06.